The maximum absolute atomic E-state index is 13.3. The molecule has 1 atom stereocenters. The van der Waals surface area contributed by atoms with Crippen LogP contribution < -0.4 is 10.6 Å². The predicted molar refractivity (Wildman–Crippen MR) is 97.1 cm³/mol. The van der Waals surface area contributed by atoms with Gasteiger partial charge in [0.1, 0.15) is 5.54 Å². The number of carbonyl (C=O) groups excluding carboxylic acids is 1. The van der Waals surface area contributed by atoms with Crippen molar-refractivity contribution in [1.82, 2.24) is 15.5 Å². The molecule has 2 fully saturated rings. The number of piperazine rings is 1. The van der Waals surface area contributed by atoms with E-state index in [2.05, 4.69) is 53.1 Å². The zero-order valence-electron chi connectivity index (χ0n) is 14.1. The molecule has 4 heteroatoms. The summed E-state index contributed by atoms with van der Waals surface area (Å²) in [6.45, 7) is 4.37. The standard InChI is InChI=1S/C20H25N3O/c24-19(23-13-11-21-12-14-23)20(9-4-10-22-20)15-17-7-3-6-16-5-1-2-8-18(16)17/h1-3,5-8,21-22H,4,9-15H2/t20-/m0/s1. The third-order valence-electron chi connectivity index (χ3n) is 5.43. The highest BCUT2D eigenvalue weighted by Gasteiger charge is 2.43. The van der Waals surface area contributed by atoms with Crippen molar-refractivity contribution in [2.75, 3.05) is 32.7 Å². The fourth-order valence-electron chi connectivity index (χ4n) is 4.16. The van der Waals surface area contributed by atoms with E-state index < -0.39 is 5.54 Å². The van der Waals surface area contributed by atoms with Crippen LogP contribution in [0, 0.1) is 0 Å². The summed E-state index contributed by atoms with van der Waals surface area (Å²) in [5.74, 6) is 0.287. The van der Waals surface area contributed by atoms with Gasteiger partial charge < -0.3 is 15.5 Å². The molecule has 0 spiro atoms. The quantitative estimate of drug-likeness (QED) is 0.907. The normalized spacial score (nSPS) is 24.4. The number of rotatable bonds is 3. The monoisotopic (exact) mass is 323 g/mol. The van der Waals surface area contributed by atoms with Crippen molar-refractivity contribution in [1.29, 1.82) is 0 Å². The lowest BCUT2D eigenvalue weighted by Gasteiger charge is -2.37. The fourth-order valence-corrected chi connectivity index (χ4v) is 4.16. The molecule has 2 aromatic rings. The third-order valence-corrected chi connectivity index (χ3v) is 5.43. The summed E-state index contributed by atoms with van der Waals surface area (Å²) >= 11 is 0. The van der Waals surface area contributed by atoms with Gasteiger partial charge in [0.15, 0.2) is 0 Å². The maximum atomic E-state index is 13.3. The Morgan fingerprint density at radius 3 is 2.62 bits per heavy atom. The van der Waals surface area contributed by atoms with Crippen LogP contribution in [0.25, 0.3) is 10.8 Å². The highest BCUT2D eigenvalue weighted by atomic mass is 16.2. The number of amides is 1. The number of carbonyl (C=O) groups is 1. The van der Waals surface area contributed by atoms with Crippen LogP contribution in [0.5, 0.6) is 0 Å². The van der Waals surface area contributed by atoms with Crippen LogP contribution in [-0.2, 0) is 11.2 Å². The van der Waals surface area contributed by atoms with Gasteiger partial charge in [-0.3, -0.25) is 4.79 Å². The molecule has 0 aliphatic carbocycles. The van der Waals surface area contributed by atoms with Crippen LogP contribution in [0.1, 0.15) is 18.4 Å². The topological polar surface area (TPSA) is 44.4 Å². The Labute approximate surface area is 143 Å². The largest absolute Gasteiger partial charge is 0.339 e. The molecule has 2 aromatic carbocycles. The van der Waals surface area contributed by atoms with Crippen LogP contribution >= 0.6 is 0 Å². The third kappa shape index (κ3) is 2.80. The molecule has 1 amide bonds. The second kappa shape index (κ2) is 6.54. The van der Waals surface area contributed by atoms with E-state index in [1.165, 1.54) is 16.3 Å². The minimum absolute atomic E-state index is 0.287. The second-order valence-electron chi connectivity index (χ2n) is 6.97. The molecule has 0 saturated carbocycles. The van der Waals surface area contributed by atoms with E-state index in [1.54, 1.807) is 0 Å². The highest BCUT2D eigenvalue weighted by Crippen LogP contribution is 2.30. The number of hydrogen-bond donors (Lipinski definition) is 2. The summed E-state index contributed by atoms with van der Waals surface area (Å²) in [6, 6.07) is 14.9. The molecular formula is C20H25N3O. The van der Waals surface area contributed by atoms with Crippen molar-refractivity contribution in [3.05, 3.63) is 48.0 Å². The molecule has 0 unspecified atom stereocenters. The van der Waals surface area contributed by atoms with Gasteiger partial charge in [-0.15, -0.1) is 0 Å². The Hall–Kier alpha value is -1.91. The van der Waals surface area contributed by atoms with Gasteiger partial charge in [0.05, 0.1) is 0 Å². The summed E-state index contributed by atoms with van der Waals surface area (Å²) in [6.07, 6.45) is 2.78. The number of nitrogens with one attached hydrogen (secondary N) is 2. The van der Waals surface area contributed by atoms with Crippen molar-refractivity contribution >= 4 is 16.7 Å². The van der Waals surface area contributed by atoms with E-state index in [1.807, 2.05) is 4.90 Å². The van der Waals surface area contributed by atoms with Crippen molar-refractivity contribution in [2.24, 2.45) is 0 Å². The summed E-state index contributed by atoms with van der Waals surface area (Å²) in [7, 11) is 0. The SMILES string of the molecule is O=C(N1CCNCC1)[C@@]1(Cc2cccc3ccccc23)CCCN1. The molecule has 2 heterocycles. The van der Waals surface area contributed by atoms with Crippen LogP contribution in [0.2, 0.25) is 0 Å². The van der Waals surface area contributed by atoms with Crippen LogP contribution in [-0.4, -0.2) is 49.1 Å². The average Bonchev–Trinajstić information content (AvgIpc) is 3.12. The van der Waals surface area contributed by atoms with E-state index >= 15 is 0 Å². The van der Waals surface area contributed by atoms with Crippen molar-refractivity contribution < 1.29 is 4.79 Å². The molecule has 0 bridgehead atoms. The van der Waals surface area contributed by atoms with Gasteiger partial charge in [0.25, 0.3) is 0 Å². The van der Waals surface area contributed by atoms with Crippen molar-refractivity contribution in [3.63, 3.8) is 0 Å². The molecule has 0 aromatic heterocycles. The molecule has 4 nitrogen and oxygen atoms in total. The summed E-state index contributed by atoms with van der Waals surface area (Å²) in [5, 5.41) is 9.41. The molecule has 126 valence electrons. The van der Waals surface area contributed by atoms with Crippen LogP contribution in [0.3, 0.4) is 0 Å². The van der Waals surface area contributed by atoms with Crippen LogP contribution in [0.4, 0.5) is 0 Å². The van der Waals surface area contributed by atoms with Crippen LogP contribution in [0.15, 0.2) is 42.5 Å². The lowest BCUT2D eigenvalue weighted by molar-refractivity contribution is -0.138. The average molecular weight is 323 g/mol. The highest BCUT2D eigenvalue weighted by molar-refractivity contribution is 5.90. The van der Waals surface area contributed by atoms with E-state index in [0.717, 1.165) is 52.0 Å². The van der Waals surface area contributed by atoms with Gasteiger partial charge in [-0.1, -0.05) is 42.5 Å². The first-order chi connectivity index (χ1) is 11.8. The van der Waals surface area contributed by atoms with Gasteiger partial charge in [0.2, 0.25) is 5.91 Å². The molecule has 0 radical (unpaired) electrons. The zero-order chi connectivity index (χ0) is 16.4. The van der Waals surface area contributed by atoms with Gasteiger partial charge in [-0.25, -0.2) is 0 Å². The van der Waals surface area contributed by atoms with Crippen molar-refractivity contribution in [3.8, 4) is 0 Å². The Balaban J connectivity index is 1.66. The Morgan fingerprint density at radius 2 is 1.83 bits per heavy atom. The first kappa shape index (κ1) is 15.6. The van der Waals surface area contributed by atoms with E-state index in [4.69, 9.17) is 0 Å². The molecule has 2 saturated heterocycles. The van der Waals surface area contributed by atoms with Gasteiger partial charge >= 0.3 is 0 Å². The maximum Gasteiger partial charge on any atom is 0.243 e. The molecule has 2 aliphatic rings. The first-order valence-electron chi connectivity index (χ1n) is 9.00. The van der Waals surface area contributed by atoms with E-state index in [-0.39, 0.29) is 5.91 Å². The number of benzene rings is 2. The fraction of sp³-hybridized carbons (Fsp3) is 0.450. The lowest BCUT2D eigenvalue weighted by atomic mass is 9.85. The Kier molecular flexibility index (Phi) is 4.25. The minimum Gasteiger partial charge on any atom is -0.339 e. The molecule has 24 heavy (non-hydrogen) atoms. The van der Waals surface area contributed by atoms with Gasteiger partial charge in [-0.05, 0) is 35.7 Å². The molecule has 4 rings (SSSR count). The Bertz CT molecular complexity index is 725. The van der Waals surface area contributed by atoms with Gasteiger partial charge in [0, 0.05) is 32.6 Å². The van der Waals surface area contributed by atoms with E-state index in [0.29, 0.717) is 0 Å². The first-order valence-corrected chi connectivity index (χ1v) is 9.00. The van der Waals surface area contributed by atoms with Crippen molar-refractivity contribution in [2.45, 2.75) is 24.8 Å². The second-order valence-corrected chi connectivity index (χ2v) is 6.97. The number of fused-ring (bicyclic) bond motifs is 1. The Morgan fingerprint density at radius 1 is 1.04 bits per heavy atom. The predicted octanol–water partition coefficient (Wildman–Crippen LogP) is 1.94. The summed E-state index contributed by atoms with van der Waals surface area (Å²) < 4.78 is 0. The summed E-state index contributed by atoms with van der Waals surface area (Å²) in [5.41, 5.74) is 0.840. The number of nitrogens with zero attached hydrogens (tertiary/aromatic N) is 1. The molecule has 2 aliphatic heterocycles. The lowest BCUT2D eigenvalue weighted by Crippen LogP contribution is -2.59. The minimum atomic E-state index is -0.429. The molecular weight excluding hydrogens is 298 g/mol. The molecule has 2 N–H and O–H groups in total. The smallest absolute Gasteiger partial charge is 0.243 e. The summed E-state index contributed by atoms with van der Waals surface area (Å²) in [4.78, 5) is 15.3. The zero-order valence-corrected chi connectivity index (χ0v) is 14.1. The van der Waals surface area contributed by atoms with Gasteiger partial charge in [-0.2, -0.15) is 0 Å². The van der Waals surface area contributed by atoms with E-state index in [9.17, 15) is 4.79 Å². The number of hydrogen-bond acceptors (Lipinski definition) is 3.